The number of carbonyl (C=O) groups excluding carboxylic acids is 2. The first-order valence-corrected chi connectivity index (χ1v) is 5.93. The van der Waals surface area contributed by atoms with Crippen LogP contribution in [0.2, 0.25) is 0 Å². The zero-order valence-electron chi connectivity index (χ0n) is 10.9. The van der Waals surface area contributed by atoms with E-state index < -0.39 is 22.5 Å². The lowest BCUT2D eigenvalue weighted by Crippen LogP contribution is -2.61. The van der Waals surface area contributed by atoms with Crippen LogP contribution in [0.4, 0.5) is 11.4 Å². The maximum Gasteiger partial charge on any atom is 0.352 e. The molecule has 8 heteroatoms. The molecule has 0 fully saturated rings. The Morgan fingerprint density at radius 3 is 2.75 bits per heavy atom. The van der Waals surface area contributed by atoms with Crippen LogP contribution >= 0.6 is 0 Å². The number of nitro benzene ring substituents is 1. The minimum absolute atomic E-state index is 0.112. The summed E-state index contributed by atoms with van der Waals surface area (Å²) in [4.78, 5) is 33.9. The Balaban J connectivity index is 2.38. The molecule has 0 bridgehead atoms. The van der Waals surface area contributed by atoms with Crippen molar-refractivity contribution in [2.75, 3.05) is 11.9 Å². The highest BCUT2D eigenvalue weighted by atomic mass is 16.6. The summed E-state index contributed by atoms with van der Waals surface area (Å²) in [7, 11) is 0. The Morgan fingerprint density at radius 2 is 2.15 bits per heavy atom. The van der Waals surface area contributed by atoms with Crippen molar-refractivity contribution < 1.29 is 19.2 Å². The molecule has 8 nitrogen and oxygen atoms in total. The van der Waals surface area contributed by atoms with E-state index in [1.807, 2.05) is 0 Å². The van der Waals surface area contributed by atoms with Crippen molar-refractivity contribution in [3.63, 3.8) is 0 Å². The molecule has 0 saturated heterocycles. The second-order valence-electron chi connectivity index (χ2n) is 4.41. The SMILES string of the molecule is CCOC(=O)C1(C)NC(=O)c2cc([N+](=O)[O-])ccc2N1. The summed E-state index contributed by atoms with van der Waals surface area (Å²) in [5.74, 6) is -1.20. The van der Waals surface area contributed by atoms with Crippen LogP contribution in [0.25, 0.3) is 0 Å². The van der Waals surface area contributed by atoms with Gasteiger partial charge in [-0.15, -0.1) is 0 Å². The molecule has 1 aromatic rings. The molecule has 1 aliphatic heterocycles. The standard InChI is InChI=1S/C12H13N3O5/c1-3-20-11(17)12(2)13-9-5-4-7(15(18)19)6-8(9)10(16)14-12/h4-6,13H,3H2,1-2H3,(H,14,16). The minimum Gasteiger partial charge on any atom is -0.463 e. The molecule has 0 saturated carbocycles. The van der Waals surface area contributed by atoms with E-state index in [1.165, 1.54) is 19.1 Å². The maximum atomic E-state index is 12.0. The van der Waals surface area contributed by atoms with E-state index in [4.69, 9.17) is 4.74 Å². The summed E-state index contributed by atoms with van der Waals surface area (Å²) >= 11 is 0. The number of non-ortho nitro benzene ring substituents is 1. The lowest BCUT2D eigenvalue weighted by atomic mass is 10.0. The first-order valence-electron chi connectivity index (χ1n) is 5.93. The molecule has 1 heterocycles. The fraction of sp³-hybridized carbons (Fsp3) is 0.333. The van der Waals surface area contributed by atoms with Gasteiger partial charge in [-0.3, -0.25) is 14.9 Å². The smallest absolute Gasteiger partial charge is 0.352 e. The second kappa shape index (κ2) is 4.80. The van der Waals surface area contributed by atoms with Crippen LogP contribution in [-0.4, -0.2) is 29.1 Å². The molecule has 106 valence electrons. The number of rotatable bonds is 3. The molecule has 1 aromatic carbocycles. The number of benzene rings is 1. The van der Waals surface area contributed by atoms with Gasteiger partial charge in [0.25, 0.3) is 11.6 Å². The average molecular weight is 279 g/mol. The molecule has 0 aliphatic carbocycles. The van der Waals surface area contributed by atoms with Crippen LogP contribution in [-0.2, 0) is 9.53 Å². The van der Waals surface area contributed by atoms with E-state index in [0.717, 1.165) is 6.07 Å². The predicted molar refractivity (Wildman–Crippen MR) is 69.2 cm³/mol. The van der Waals surface area contributed by atoms with Crippen LogP contribution < -0.4 is 10.6 Å². The van der Waals surface area contributed by atoms with Gasteiger partial charge in [-0.25, -0.2) is 4.79 Å². The van der Waals surface area contributed by atoms with E-state index in [0.29, 0.717) is 5.69 Å². The van der Waals surface area contributed by atoms with E-state index in [2.05, 4.69) is 10.6 Å². The first kappa shape index (κ1) is 13.8. The summed E-state index contributed by atoms with van der Waals surface area (Å²) in [6.45, 7) is 3.30. The zero-order valence-corrected chi connectivity index (χ0v) is 10.9. The number of anilines is 1. The van der Waals surface area contributed by atoms with Gasteiger partial charge in [0, 0.05) is 17.8 Å². The van der Waals surface area contributed by atoms with Crippen LogP contribution in [0.3, 0.4) is 0 Å². The number of amides is 1. The molecule has 20 heavy (non-hydrogen) atoms. The third-order valence-electron chi connectivity index (χ3n) is 2.89. The van der Waals surface area contributed by atoms with Crippen LogP contribution in [0.5, 0.6) is 0 Å². The summed E-state index contributed by atoms with van der Waals surface area (Å²) in [6.07, 6.45) is 0. The number of hydrogen-bond donors (Lipinski definition) is 2. The van der Waals surface area contributed by atoms with Crippen LogP contribution in [0.15, 0.2) is 18.2 Å². The normalized spacial score (nSPS) is 20.4. The quantitative estimate of drug-likeness (QED) is 0.485. The van der Waals surface area contributed by atoms with Crippen molar-refractivity contribution in [3.05, 3.63) is 33.9 Å². The van der Waals surface area contributed by atoms with Gasteiger partial charge in [-0.05, 0) is 19.9 Å². The van der Waals surface area contributed by atoms with Crippen molar-refractivity contribution in [2.45, 2.75) is 19.5 Å². The molecule has 2 N–H and O–H groups in total. The number of nitrogens with zero attached hydrogens (tertiary/aromatic N) is 1. The van der Waals surface area contributed by atoms with Crippen molar-refractivity contribution in [2.24, 2.45) is 0 Å². The summed E-state index contributed by atoms with van der Waals surface area (Å²) in [6, 6.07) is 3.81. The fourth-order valence-corrected chi connectivity index (χ4v) is 1.92. The molecule has 1 aliphatic rings. The Labute approximate surface area is 114 Å². The van der Waals surface area contributed by atoms with Crippen molar-refractivity contribution in [3.8, 4) is 0 Å². The molecule has 1 amide bonds. The lowest BCUT2D eigenvalue weighted by Gasteiger charge is -2.34. The van der Waals surface area contributed by atoms with Gasteiger partial charge in [0.2, 0.25) is 5.66 Å². The highest BCUT2D eigenvalue weighted by Crippen LogP contribution is 2.28. The fourth-order valence-electron chi connectivity index (χ4n) is 1.92. The zero-order chi connectivity index (χ0) is 14.9. The Kier molecular flexibility index (Phi) is 3.31. The van der Waals surface area contributed by atoms with Crippen LogP contribution in [0, 0.1) is 10.1 Å². The minimum atomic E-state index is -1.39. The molecule has 1 unspecified atom stereocenters. The maximum absolute atomic E-state index is 12.0. The average Bonchev–Trinajstić information content (AvgIpc) is 2.38. The third-order valence-corrected chi connectivity index (χ3v) is 2.89. The van der Waals surface area contributed by atoms with Crippen LogP contribution in [0.1, 0.15) is 24.2 Å². The summed E-state index contributed by atoms with van der Waals surface area (Å²) in [5, 5.41) is 16.0. The molecule has 0 radical (unpaired) electrons. The highest BCUT2D eigenvalue weighted by molar-refractivity contribution is 6.06. The molecule has 2 rings (SSSR count). The number of esters is 1. The van der Waals surface area contributed by atoms with Crippen molar-refractivity contribution in [1.82, 2.24) is 5.32 Å². The van der Waals surface area contributed by atoms with E-state index in [1.54, 1.807) is 6.92 Å². The number of fused-ring (bicyclic) bond motifs is 1. The monoisotopic (exact) mass is 279 g/mol. The van der Waals surface area contributed by atoms with Gasteiger partial charge >= 0.3 is 5.97 Å². The van der Waals surface area contributed by atoms with Crippen molar-refractivity contribution >= 4 is 23.3 Å². The van der Waals surface area contributed by atoms with Gasteiger partial charge in [0.1, 0.15) is 0 Å². The van der Waals surface area contributed by atoms with Crippen molar-refractivity contribution in [1.29, 1.82) is 0 Å². The second-order valence-corrected chi connectivity index (χ2v) is 4.41. The molecule has 0 spiro atoms. The first-order chi connectivity index (χ1) is 9.37. The highest BCUT2D eigenvalue weighted by Gasteiger charge is 2.41. The molecular formula is C12H13N3O5. The number of hydrogen-bond acceptors (Lipinski definition) is 6. The number of carbonyl (C=O) groups is 2. The lowest BCUT2D eigenvalue weighted by molar-refractivity contribution is -0.384. The van der Waals surface area contributed by atoms with Gasteiger partial charge in [0.05, 0.1) is 17.1 Å². The Hall–Kier alpha value is -2.64. The summed E-state index contributed by atoms with van der Waals surface area (Å²) in [5.41, 5.74) is -1.13. The molecular weight excluding hydrogens is 266 g/mol. The molecule has 0 aromatic heterocycles. The predicted octanol–water partition coefficient (Wildman–Crippen LogP) is 1.03. The Morgan fingerprint density at radius 1 is 1.45 bits per heavy atom. The largest absolute Gasteiger partial charge is 0.463 e. The summed E-state index contributed by atoms with van der Waals surface area (Å²) < 4.78 is 4.89. The Bertz CT molecular complexity index is 601. The van der Waals surface area contributed by atoms with Gasteiger partial charge in [-0.1, -0.05) is 0 Å². The number of nitro groups is 1. The van der Waals surface area contributed by atoms with E-state index >= 15 is 0 Å². The third kappa shape index (κ3) is 2.27. The van der Waals surface area contributed by atoms with E-state index in [9.17, 15) is 19.7 Å². The van der Waals surface area contributed by atoms with E-state index in [-0.39, 0.29) is 17.9 Å². The van der Waals surface area contributed by atoms with Gasteiger partial charge < -0.3 is 15.4 Å². The number of ether oxygens (including phenoxy) is 1. The van der Waals surface area contributed by atoms with Gasteiger partial charge in [0.15, 0.2) is 0 Å². The van der Waals surface area contributed by atoms with Gasteiger partial charge in [-0.2, -0.15) is 0 Å². The topological polar surface area (TPSA) is 111 Å². The number of nitrogens with one attached hydrogen (secondary N) is 2. The molecule has 1 atom stereocenters.